The number of hydrogen-bond acceptors (Lipinski definition) is 9. The molecule has 0 atom stereocenters. The van der Waals surface area contributed by atoms with Crippen molar-refractivity contribution in [2.75, 3.05) is 6.79 Å². The van der Waals surface area contributed by atoms with E-state index in [9.17, 15) is 14.9 Å². The van der Waals surface area contributed by atoms with Gasteiger partial charge in [-0.25, -0.2) is 4.79 Å². The molecular weight excluding hydrogens is 420 g/mol. The van der Waals surface area contributed by atoms with Gasteiger partial charge in [0.25, 0.3) is 5.69 Å². The van der Waals surface area contributed by atoms with Crippen LogP contribution in [0, 0.1) is 24.0 Å². The fraction of sp³-hybridized carbons (Fsp3) is 0.273. The number of nitrogens with zero attached hydrogens (tertiary/aromatic N) is 2. The SMILES string of the molecule is Cc1noc(C)c1COc1ccc(C(=O)OCc2cc([N+](=O)[O-])cc3c2OCOC3)cc1. The van der Waals surface area contributed by atoms with Crippen molar-refractivity contribution in [3.8, 4) is 11.5 Å². The molecule has 1 aromatic heterocycles. The average molecular weight is 440 g/mol. The first kappa shape index (κ1) is 21.3. The van der Waals surface area contributed by atoms with Gasteiger partial charge in [0.15, 0.2) is 6.79 Å². The molecule has 0 amide bonds. The third-order valence-corrected chi connectivity index (χ3v) is 5.00. The number of benzene rings is 2. The smallest absolute Gasteiger partial charge is 0.338 e. The molecule has 0 saturated carbocycles. The second-order valence-electron chi connectivity index (χ2n) is 7.15. The van der Waals surface area contributed by atoms with Crippen LogP contribution in [0.15, 0.2) is 40.9 Å². The predicted octanol–water partition coefficient (Wildman–Crippen LogP) is 4.00. The zero-order valence-corrected chi connectivity index (χ0v) is 17.5. The molecule has 2 aromatic carbocycles. The summed E-state index contributed by atoms with van der Waals surface area (Å²) in [6.45, 7) is 3.99. The van der Waals surface area contributed by atoms with Gasteiger partial charge in [-0.1, -0.05) is 5.16 Å². The lowest BCUT2D eigenvalue weighted by Gasteiger charge is -2.20. The highest BCUT2D eigenvalue weighted by Gasteiger charge is 2.22. The Morgan fingerprint density at radius 3 is 2.66 bits per heavy atom. The molecule has 0 saturated heterocycles. The predicted molar refractivity (Wildman–Crippen MR) is 109 cm³/mol. The number of hydrogen-bond donors (Lipinski definition) is 0. The second-order valence-corrected chi connectivity index (χ2v) is 7.15. The Kier molecular flexibility index (Phi) is 6.04. The second kappa shape index (κ2) is 9.06. The Hall–Kier alpha value is -3.92. The zero-order chi connectivity index (χ0) is 22.7. The van der Waals surface area contributed by atoms with Crippen LogP contribution in [0.1, 0.15) is 38.5 Å². The number of ether oxygens (including phenoxy) is 4. The lowest BCUT2D eigenvalue weighted by Crippen LogP contribution is -2.15. The van der Waals surface area contributed by atoms with Crippen LogP contribution in [-0.4, -0.2) is 22.8 Å². The van der Waals surface area contributed by atoms with Crippen molar-refractivity contribution in [2.45, 2.75) is 33.7 Å². The summed E-state index contributed by atoms with van der Waals surface area (Å²) in [6, 6.07) is 9.20. The molecule has 0 radical (unpaired) electrons. The van der Waals surface area contributed by atoms with Gasteiger partial charge in [0.1, 0.15) is 30.5 Å². The number of fused-ring (bicyclic) bond motifs is 1. The standard InChI is InChI=1S/C22H20N2O8/c1-13-20(14(2)32-23-13)11-29-19-5-3-15(4-6-19)22(25)30-10-17-8-18(24(26)27)7-16-9-28-12-31-21(16)17/h3-8H,9-12H2,1-2H3. The summed E-state index contributed by atoms with van der Waals surface area (Å²) in [5.41, 5.74) is 2.78. The van der Waals surface area contributed by atoms with Crippen molar-refractivity contribution < 1.29 is 33.2 Å². The van der Waals surface area contributed by atoms with Crippen molar-refractivity contribution >= 4 is 11.7 Å². The van der Waals surface area contributed by atoms with Gasteiger partial charge < -0.3 is 23.5 Å². The molecule has 4 rings (SSSR count). The molecule has 0 fully saturated rings. The van der Waals surface area contributed by atoms with Gasteiger partial charge in [-0.05, 0) is 38.1 Å². The number of nitro benzene ring substituents is 1. The number of carbonyl (C=O) groups excluding carboxylic acids is 1. The van der Waals surface area contributed by atoms with Crippen LogP contribution in [0.2, 0.25) is 0 Å². The number of nitro groups is 1. The molecule has 166 valence electrons. The summed E-state index contributed by atoms with van der Waals surface area (Å²) in [6.07, 6.45) is 0. The fourth-order valence-electron chi connectivity index (χ4n) is 3.27. The summed E-state index contributed by atoms with van der Waals surface area (Å²) in [5.74, 6) is 1.14. The molecule has 0 unspecified atom stereocenters. The third kappa shape index (κ3) is 4.54. The molecule has 2 heterocycles. The Morgan fingerprint density at radius 1 is 1.19 bits per heavy atom. The van der Waals surface area contributed by atoms with Crippen LogP contribution in [0.5, 0.6) is 11.5 Å². The van der Waals surface area contributed by atoms with Gasteiger partial charge in [0, 0.05) is 23.3 Å². The van der Waals surface area contributed by atoms with E-state index in [4.69, 9.17) is 23.5 Å². The van der Waals surface area contributed by atoms with E-state index in [1.54, 1.807) is 24.3 Å². The van der Waals surface area contributed by atoms with Crippen LogP contribution in [0.4, 0.5) is 5.69 Å². The van der Waals surface area contributed by atoms with Crippen LogP contribution in [0.25, 0.3) is 0 Å². The molecule has 0 N–H and O–H groups in total. The average Bonchev–Trinajstić information content (AvgIpc) is 3.13. The number of esters is 1. The van der Waals surface area contributed by atoms with E-state index < -0.39 is 10.9 Å². The quantitative estimate of drug-likeness (QED) is 0.305. The minimum Gasteiger partial charge on any atom is -0.489 e. The number of aryl methyl sites for hydroxylation is 2. The topological polar surface area (TPSA) is 123 Å². The van der Waals surface area contributed by atoms with Crippen molar-refractivity contribution in [2.24, 2.45) is 0 Å². The maximum atomic E-state index is 12.5. The molecule has 0 aliphatic carbocycles. The molecule has 0 bridgehead atoms. The molecule has 1 aliphatic heterocycles. The zero-order valence-electron chi connectivity index (χ0n) is 17.5. The summed E-state index contributed by atoms with van der Waals surface area (Å²) in [7, 11) is 0. The maximum absolute atomic E-state index is 12.5. The van der Waals surface area contributed by atoms with E-state index in [2.05, 4.69) is 5.16 Å². The van der Waals surface area contributed by atoms with Gasteiger partial charge in [0.2, 0.25) is 0 Å². The summed E-state index contributed by atoms with van der Waals surface area (Å²) < 4.78 is 26.8. The van der Waals surface area contributed by atoms with Gasteiger partial charge >= 0.3 is 5.97 Å². The Morgan fingerprint density at radius 2 is 1.97 bits per heavy atom. The number of rotatable bonds is 7. The summed E-state index contributed by atoms with van der Waals surface area (Å²) in [4.78, 5) is 23.1. The normalized spacial score (nSPS) is 12.6. The first-order valence-electron chi connectivity index (χ1n) is 9.75. The van der Waals surface area contributed by atoms with Crippen molar-refractivity contribution in [3.63, 3.8) is 0 Å². The Balaban J connectivity index is 1.40. The lowest BCUT2D eigenvalue weighted by atomic mass is 10.1. The highest BCUT2D eigenvalue weighted by Crippen LogP contribution is 2.33. The molecule has 10 nitrogen and oxygen atoms in total. The van der Waals surface area contributed by atoms with E-state index in [1.165, 1.54) is 12.1 Å². The summed E-state index contributed by atoms with van der Waals surface area (Å²) in [5, 5.41) is 15.1. The first-order chi connectivity index (χ1) is 15.4. The molecule has 32 heavy (non-hydrogen) atoms. The number of non-ortho nitro benzene ring substituents is 1. The van der Waals surface area contributed by atoms with Gasteiger partial charge in [0.05, 0.1) is 28.4 Å². The van der Waals surface area contributed by atoms with E-state index in [1.807, 2.05) is 13.8 Å². The van der Waals surface area contributed by atoms with E-state index >= 15 is 0 Å². The molecular formula is C22H20N2O8. The van der Waals surface area contributed by atoms with Gasteiger partial charge in [-0.3, -0.25) is 10.1 Å². The van der Waals surface area contributed by atoms with Crippen LogP contribution in [-0.2, 0) is 29.3 Å². The Bertz CT molecular complexity index is 1130. The minimum absolute atomic E-state index is 0.0289. The van der Waals surface area contributed by atoms with Crippen LogP contribution < -0.4 is 9.47 Å². The highest BCUT2D eigenvalue weighted by molar-refractivity contribution is 5.89. The molecule has 3 aromatic rings. The Labute approximate surface area is 182 Å². The van der Waals surface area contributed by atoms with Crippen LogP contribution >= 0.6 is 0 Å². The third-order valence-electron chi connectivity index (χ3n) is 5.00. The van der Waals surface area contributed by atoms with Gasteiger partial charge in [-0.2, -0.15) is 0 Å². The monoisotopic (exact) mass is 440 g/mol. The van der Waals surface area contributed by atoms with Gasteiger partial charge in [-0.15, -0.1) is 0 Å². The van der Waals surface area contributed by atoms with Crippen LogP contribution in [0.3, 0.4) is 0 Å². The minimum atomic E-state index is -0.574. The van der Waals surface area contributed by atoms with E-state index in [-0.39, 0.29) is 25.7 Å². The number of aromatic nitrogens is 1. The molecule has 1 aliphatic rings. The largest absolute Gasteiger partial charge is 0.489 e. The molecule has 0 spiro atoms. The summed E-state index contributed by atoms with van der Waals surface area (Å²) >= 11 is 0. The maximum Gasteiger partial charge on any atom is 0.338 e. The fourth-order valence-corrected chi connectivity index (χ4v) is 3.27. The van der Waals surface area contributed by atoms with Crippen molar-refractivity contribution in [1.82, 2.24) is 5.16 Å². The highest BCUT2D eigenvalue weighted by atomic mass is 16.7. The lowest BCUT2D eigenvalue weighted by molar-refractivity contribution is -0.385. The van der Waals surface area contributed by atoms with Crippen molar-refractivity contribution in [1.29, 1.82) is 0 Å². The van der Waals surface area contributed by atoms with E-state index in [0.717, 1.165) is 11.3 Å². The van der Waals surface area contributed by atoms with Crippen molar-refractivity contribution in [3.05, 3.63) is 80.2 Å². The number of carbonyl (C=O) groups is 1. The first-order valence-corrected chi connectivity index (χ1v) is 9.75. The molecule has 10 heteroatoms. The van der Waals surface area contributed by atoms with E-state index in [0.29, 0.717) is 40.6 Å².